The number of ether oxygens (including phenoxy) is 1. The van der Waals surface area contributed by atoms with Crippen LogP contribution in [-0.4, -0.2) is 60.1 Å². The Morgan fingerprint density at radius 2 is 1.78 bits per heavy atom. The number of methoxy groups -OCH3 is 1. The highest BCUT2D eigenvalue weighted by molar-refractivity contribution is 5.82. The summed E-state index contributed by atoms with van der Waals surface area (Å²) in [6.45, 7) is 11.5. The number of aryl methyl sites for hydroxylation is 1. The molecular formula is C28H40N6O2. The van der Waals surface area contributed by atoms with E-state index in [1.54, 1.807) is 7.11 Å². The number of nitrogens with one attached hydrogen (secondary N) is 1. The van der Waals surface area contributed by atoms with Crippen LogP contribution in [0.5, 0.6) is 0 Å². The van der Waals surface area contributed by atoms with Gasteiger partial charge >= 0.3 is 0 Å². The fourth-order valence-electron chi connectivity index (χ4n) is 5.12. The Kier molecular flexibility index (Phi) is 8.14. The summed E-state index contributed by atoms with van der Waals surface area (Å²) in [5.41, 5.74) is 11.5. The number of piperazine rings is 1. The number of aromatic nitrogens is 2. The first kappa shape index (κ1) is 25.9. The lowest BCUT2D eigenvalue weighted by Crippen LogP contribution is -2.53. The van der Waals surface area contributed by atoms with Gasteiger partial charge in [-0.1, -0.05) is 27.7 Å². The number of rotatable bonds is 8. The van der Waals surface area contributed by atoms with E-state index in [2.05, 4.69) is 55.0 Å². The number of nitrogens with two attached hydrogens (primary N) is 1. The van der Waals surface area contributed by atoms with Crippen LogP contribution in [0.3, 0.4) is 0 Å². The minimum atomic E-state index is -0.402. The molecule has 36 heavy (non-hydrogen) atoms. The molecule has 1 aliphatic carbocycles. The predicted molar refractivity (Wildman–Crippen MR) is 145 cm³/mol. The van der Waals surface area contributed by atoms with Crippen LogP contribution < -0.4 is 16.0 Å². The standard InChI is InChI=1S/C28H40N6O2/c1-18(2)16-23(29)27(35)34-14-12-33(13-15-34)22-9-7-21(8-10-22)31-28-30-17-20-6-11-24(36-5)25(19(3)4)26(20)32-28/h7-10,17-19,23H,6,11-16,29H2,1-5H3,(H,30,31,32). The fraction of sp³-hybridized carbons (Fsp3) is 0.536. The summed E-state index contributed by atoms with van der Waals surface area (Å²) in [5, 5.41) is 3.36. The number of carbonyl (C=O) groups excluding carboxylic acids is 1. The Morgan fingerprint density at radius 1 is 1.08 bits per heavy atom. The van der Waals surface area contributed by atoms with Crippen LogP contribution >= 0.6 is 0 Å². The summed E-state index contributed by atoms with van der Waals surface area (Å²) >= 11 is 0. The Labute approximate surface area is 214 Å². The maximum atomic E-state index is 12.6. The zero-order valence-corrected chi connectivity index (χ0v) is 22.3. The third-order valence-corrected chi connectivity index (χ3v) is 6.99. The van der Waals surface area contributed by atoms with E-state index in [0.29, 0.717) is 30.9 Å². The van der Waals surface area contributed by atoms with Crippen LogP contribution in [0.15, 0.2) is 36.2 Å². The van der Waals surface area contributed by atoms with E-state index in [-0.39, 0.29) is 5.91 Å². The van der Waals surface area contributed by atoms with Gasteiger partial charge in [0.15, 0.2) is 0 Å². The predicted octanol–water partition coefficient (Wildman–Crippen LogP) is 4.20. The van der Waals surface area contributed by atoms with Crippen molar-refractivity contribution in [2.24, 2.45) is 17.6 Å². The summed E-state index contributed by atoms with van der Waals surface area (Å²) < 4.78 is 5.66. The van der Waals surface area contributed by atoms with Crippen molar-refractivity contribution in [2.45, 2.75) is 53.0 Å². The fourth-order valence-corrected chi connectivity index (χ4v) is 5.12. The van der Waals surface area contributed by atoms with Gasteiger partial charge in [-0.05, 0) is 54.5 Å². The number of allylic oxidation sites excluding steroid dienone is 2. The highest BCUT2D eigenvalue weighted by Gasteiger charge is 2.26. The summed E-state index contributed by atoms with van der Waals surface area (Å²) in [4.78, 5) is 26.3. The molecule has 8 nitrogen and oxygen atoms in total. The first-order valence-corrected chi connectivity index (χ1v) is 13.1. The van der Waals surface area contributed by atoms with E-state index in [1.807, 2.05) is 23.2 Å². The molecule has 2 heterocycles. The molecule has 1 saturated heterocycles. The number of anilines is 3. The van der Waals surface area contributed by atoms with E-state index in [1.165, 1.54) is 11.1 Å². The molecule has 0 spiro atoms. The number of fused-ring (bicyclic) bond motifs is 1. The molecule has 1 fully saturated rings. The SMILES string of the molecule is COC1=C(C(C)C)c2nc(Nc3ccc(N4CCN(C(=O)C(N)CC(C)C)CC4)cc3)ncc2CC1. The van der Waals surface area contributed by atoms with Crippen molar-refractivity contribution in [3.05, 3.63) is 47.5 Å². The molecule has 194 valence electrons. The Hall–Kier alpha value is -3.13. The molecule has 1 aliphatic heterocycles. The van der Waals surface area contributed by atoms with E-state index >= 15 is 0 Å². The van der Waals surface area contributed by atoms with E-state index in [4.69, 9.17) is 15.5 Å². The molecule has 0 saturated carbocycles. The van der Waals surface area contributed by atoms with Crippen molar-refractivity contribution >= 4 is 28.8 Å². The average molecular weight is 493 g/mol. The van der Waals surface area contributed by atoms with E-state index in [0.717, 1.165) is 55.2 Å². The number of amides is 1. The van der Waals surface area contributed by atoms with Gasteiger partial charge in [0.1, 0.15) is 5.76 Å². The minimum Gasteiger partial charge on any atom is -0.501 e. The summed E-state index contributed by atoms with van der Waals surface area (Å²) in [6.07, 6.45) is 4.44. The van der Waals surface area contributed by atoms with Gasteiger partial charge in [0.25, 0.3) is 0 Å². The minimum absolute atomic E-state index is 0.0704. The Morgan fingerprint density at radius 3 is 2.39 bits per heavy atom. The Balaban J connectivity index is 1.39. The molecule has 1 amide bonds. The second-order valence-corrected chi connectivity index (χ2v) is 10.5. The third-order valence-electron chi connectivity index (χ3n) is 6.99. The summed E-state index contributed by atoms with van der Waals surface area (Å²) in [6, 6.07) is 7.90. The smallest absolute Gasteiger partial charge is 0.239 e. The van der Waals surface area contributed by atoms with Gasteiger partial charge in [-0.15, -0.1) is 0 Å². The molecule has 2 aromatic rings. The van der Waals surface area contributed by atoms with Gasteiger partial charge in [-0.3, -0.25) is 4.79 Å². The first-order chi connectivity index (χ1) is 17.3. The van der Waals surface area contributed by atoms with Gasteiger partial charge in [0, 0.05) is 55.7 Å². The largest absolute Gasteiger partial charge is 0.501 e. The molecule has 0 radical (unpaired) electrons. The molecule has 3 N–H and O–H groups in total. The molecule has 0 bridgehead atoms. The van der Waals surface area contributed by atoms with Gasteiger partial charge in [-0.25, -0.2) is 9.97 Å². The maximum absolute atomic E-state index is 12.6. The number of hydrogen-bond donors (Lipinski definition) is 2. The van der Waals surface area contributed by atoms with Crippen molar-refractivity contribution in [1.29, 1.82) is 0 Å². The molecule has 1 unspecified atom stereocenters. The molecule has 1 aromatic carbocycles. The van der Waals surface area contributed by atoms with Crippen LogP contribution in [-0.2, 0) is 16.0 Å². The molecule has 1 aromatic heterocycles. The number of hydrogen-bond acceptors (Lipinski definition) is 7. The first-order valence-electron chi connectivity index (χ1n) is 13.1. The number of carbonyl (C=O) groups is 1. The lowest BCUT2D eigenvalue weighted by Gasteiger charge is -2.37. The Bertz CT molecular complexity index is 1090. The van der Waals surface area contributed by atoms with Gasteiger partial charge in [0.2, 0.25) is 11.9 Å². The van der Waals surface area contributed by atoms with Crippen molar-refractivity contribution in [3.63, 3.8) is 0 Å². The molecule has 8 heteroatoms. The van der Waals surface area contributed by atoms with Crippen LogP contribution in [0.2, 0.25) is 0 Å². The molecular weight excluding hydrogens is 452 g/mol. The van der Waals surface area contributed by atoms with Crippen LogP contribution in [0.1, 0.15) is 51.8 Å². The monoisotopic (exact) mass is 492 g/mol. The quantitative estimate of drug-likeness (QED) is 0.570. The second-order valence-electron chi connectivity index (χ2n) is 10.5. The number of benzene rings is 1. The van der Waals surface area contributed by atoms with Gasteiger partial charge < -0.3 is 25.6 Å². The lowest BCUT2D eigenvalue weighted by molar-refractivity contribution is -0.133. The van der Waals surface area contributed by atoms with Crippen molar-refractivity contribution < 1.29 is 9.53 Å². The molecule has 2 aliphatic rings. The number of nitrogens with zero attached hydrogens (tertiary/aromatic N) is 4. The highest BCUT2D eigenvalue weighted by atomic mass is 16.5. The molecule has 4 rings (SSSR count). The third kappa shape index (κ3) is 5.81. The summed E-state index contributed by atoms with van der Waals surface area (Å²) in [5.74, 6) is 2.42. The highest BCUT2D eigenvalue weighted by Crippen LogP contribution is 2.35. The van der Waals surface area contributed by atoms with Crippen LogP contribution in [0, 0.1) is 11.8 Å². The summed E-state index contributed by atoms with van der Waals surface area (Å²) in [7, 11) is 1.74. The second kappa shape index (κ2) is 11.3. The van der Waals surface area contributed by atoms with Crippen LogP contribution in [0.25, 0.3) is 5.57 Å². The van der Waals surface area contributed by atoms with Gasteiger partial charge in [0.05, 0.1) is 18.8 Å². The maximum Gasteiger partial charge on any atom is 0.239 e. The van der Waals surface area contributed by atoms with E-state index in [9.17, 15) is 4.79 Å². The van der Waals surface area contributed by atoms with Crippen molar-refractivity contribution in [3.8, 4) is 0 Å². The zero-order chi connectivity index (χ0) is 25.8. The normalized spacial score (nSPS) is 16.9. The molecule has 1 atom stereocenters. The van der Waals surface area contributed by atoms with Crippen molar-refractivity contribution in [2.75, 3.05) is 43.5 Å². The zero-order valence-electron chi connectivity index (χ0n) is 22.3. The van der Waals surface area contributed by atoms with Crippen LogP contribution in [0.4, 0.5) is 17.3 Å². The lowest BCUT2D eigenvalue weighted by atomic mass is 9.88. The van der Waals surface area contributed by atoms with Crippen molar-refractivity contribution in [1.82, 2.24) is 14.9 Å². The van der Waals surface area contributed by atoms with Gasteiger partial charge in [-0.2, -0.15) is 0 Å². The topological polar surface area (TPSA) is 96.6 Å². The van der Waals surface area contributed by atoms with E-state index < -0.39 is 6.04 Å². The average Bonchev–Trinajstić information content (AvgIpc) is 2.87.